The molecule has 1 amide bonds. The van der Waals surface area contributed by atoms with Crippen LogP contribution < -0.4 is 0 Å². The Kier molecular flexibility index (Phi) is 6.65. The number of benzene rings is 2. The molecule has 0 saturated carbocycles. The Bertz CT molecular complexity index is 1080. The van der Waals surface area contributed by atoms with Gasteiger partial charge in [0.05, 0.1) is 6.04 Å². The molecule has 1 fully saturated rings. The van der Waals surface area contributed by atoms with Crippen molar-refractivity contribution in [3.05, 3.63) is 83.1 Å². The van der Waals surface area contributed by atoms with Crippen molar-refractivity contribution in [3.8, 4) is 0 Å². The minimum atomic E-state index is -0.629. The van der Waals surface area contributed by atoms with Gasteiger partial charge in [0, 0.05) is 26.6 Å². The highest BCUT2D eigenvalue weighted by Crippen LogP contribution is 2.38. The van der Waals surface area contributed by atoms with Crippen molar-refractivity contribution in [1.82, 2.24) is 20.0 Å². The van der Waals surface area contributed by atoms with Crippen molar-refractivity contribution in [2.24, 2.45) is 0 Å². The zero-order valence-corrected chi connectivity index (χ0v) is 19.7. The molecule has 1 unspecified atom stereocenters. The van der Waals surface area contributed by atoms with Gasteiger partial charge >= 0.3 is 6.09 Å². The van der Waals surface area contributed by atoms with E-state index in [1.165, 1.54) is 24.3 Å². The molecule has 180 valence electrons. The smallest absolute Gasteiger partial charge is 0.410 e. The molecule has 0 bridgehead atoms. The van der Waals surface area contributed by atoms with Crippen LogP contribution in [0.3, 0.4) is 0 Å². The van der Waals surface area contributed by atoms with Gasteiger partial charge in [-0.25, -0.2) is 13.6 Å². The van der Waals surface area contributed by atoms with E-state index >= 15 is 0 Å². The van der Waals surface area contributed by atoms with Crippen molar-refractivity contribution in [1.29, 1.82) is 0 Å². The Morgan fingerprint density at radius 1 is 1.00 bits per heavy atom. The maximum absolute atomic E-state index is 13.7. The molecule has 4 rings (SSSR count). The monoisotopic (exact) mass is 470 g/mol. The van der Waals surface area contributed by atoms with E-state index in [4.69, 9.17) is 9.15 Å². The maximum Gasteiger partial charge on any atom is 0.410 e. The molecular formula is C25H28F2N4O3. The number of halogens is 2. The second-order valence-electron chi connectivity index (χ2n) is 9.34. The number of ether oxygens (including phenoxy) is 1. The summed E-state index contributed by atoms with van der Waals surface area (Å²) in [5, 5.41) is 8.21. The molecule has 0 aliphatic carbocycles. The summed E-state index contributed by atoms with van der Waals surface area (Å²) in [7, 11) is 0. The molecule has 2 heterocycles. The van der Waals surface area contributed by atoms with Crippen molar-refractivity contribution < 1.29 is 22.7 Å². The number of aromatic nitrogens is 2. The number of carbonyl (C=O) groups is 1. The average molecular weight is 471 g/mol. The zero-order chi connectivity index (χ0) is 24.5. The van der Waals surface area contributed by atoms with Crippen molar-refractivity contribution in [3.63, 3.8) is 0 Å². The number of amides is 1. The lowest BCUT2D eigenvalue weighted by atomic mass is 9.94. The third-order valence-corrected chi connectivity index (χ3v) is 5.60. The fourth-order valence-electron chi connectivity index (χ4n) is 4.13. The van der Waals surface area contributed by atoms with Gasteiger partial charge in [-0.2, -0.15) is 0 Å². The van der Waals surface area contributed by atoms with Crippen LogP contribution in [0.5, 0.6) is 0 Å². The van der Waals surface area contributed by atoms with Crippen LogP contribution in [0.1, 0.15) is 55.8 Å². The molecule has 1 aromatic heterocycles. The molecule has 0 spiro atoms. The molecular weight excluding hydrogens is 442 g/mol. The average Bonchev–Trinajstić information content (AvgIpc) is 3.21. The van der Waals surface area contributed by atoms with E-state index in [0.29, 0.717) is 24.9 Å². The van der Waals surface area contributed by atoms with Crippen molar-refractivity contribution in [2.45, 2.75) is 45.4 Å². The normalized spacial score (nSPS) is 17.3. The molecule has 9 heteroatoms. The predicted molar refractivity (Wildman–Crippen MR) is 121 cm³/mol. The molecule has 0 radical (unpaired) electrons. The molecule has 1 saturated heterocycles. The summed E-state index contributed by atoms with van der Waals surface area (Å²) in [5.74, 6) is 0.0743. The minimum Gasteiger partial charge on any atom is -0.444 e. The van der Waals surface area contributed by atoms with E-state index in [9.17, 15) is 13.6 Å². The molecule has 1 aliphatic rings. The Hall–Kier alpha value is -3.33. The maximum atomic E-state index is 13.7. The molecule has 7 nitrogen and oxygen atoms in total. The summed E-state index contributed by atoms with van der Waals surface area (Å²) in [6, 6.07) is 11.6. The summed E-state index contributed by atoms with van der Waals surface area (Å²) in [6.07, 6.45) is -0.423. The van der Waals surface area contributed by atoms with Crippen LogP contribution in [0.4, 0.5) is 13.6 Å². The van der Waals surface area contributed by atoms with E-state index in [2.05, 4.69) is 15.1 Å². The number of piperazine rings is 1. The van der Waals surface area contributed by atoms with E-state index in [1.807, 2.05) is 20.8 Å². The third kappa shape index (κ3) is 5.41. The highest BCUT2D eigenvalue weighted by atomic mass is 19.1. The van der Waals surface area contributed by atoms with Crippen LogP contribution in [0, 0.1) is 18.6 Å². The standard InChI is InChI=1S/C25H28F2N4O3/c1-16-28-29-23(33-16)21-15-30(24(32)34-25(2,3)4)13-14-31(21)22(17-5-9-19(26)10-6-17)18-7-11-20(27)12-8-18/h5-12,21-22H,13-15H2,1-4H3. The number of rotatable bonds is 4. The van der Waals surface area contributed by atoms with Gasteiger partial charge < -0.3 is 14.1 Å². The zero-order valence-electron chi connectivity index (χ0n) is 19.7. The van der Waals surface area contributed by atoms with Gasteiger partial charge in [0.2, 0.25) is 11.8 Å². The topological polar surface area (TPSA) is 71.7 Å². The van der Waals surface area contributed by atoms with E-state index < -0.39 is 17.7 Å². The first-order valence-electron chi connectivity index (χ1n) is 11.2. The Balaban J connectivity index is 1.73. The highest BCUT2D eigenvalue weighted by Gasteiger charge is 2.40. The molecule has 1 atom stereocenters. The third-order valence-electron chi connectivity index (χ3n) is 5.60. The van der Waals surface area contributed by atoms with Gasteiger partial charge in [-0.05, 0) is 56.2 Å². The molecule has 2 aromatic carbocycles. The SMILES string of the molecule is Cc1nnc(C2CN(C(=O)OC(C)(C)C)CCN2C(c2ccc(F)cc2)c2ccc(F)cc2)o1. The molecule has 1 aliphatic heterocycles. The summed E-state index contributed by atoms with van der Waals surface area (Å²) < 4.78 is 38.8. The number of hydrogen-bond acceptors (Lipinski definition) is 6. The van der Waals surface area contributed by atoms with Gasteiger partial charge in [-0.15, -0.1) is 10.2 Å². The summed E-state index contributed by atoms with van der Waals surface area (Å²) >= 11 is 0. The Morgan fingerprint density at radius 2 is 1.56 bits per heavy atom. The minimum absolute atomic E-state index is 0.259. The van der Waals surface area contributed by atoms with Crippen LogP contribution in [-0.4, -0.2) is 51.3 Å². The van der Waals surface area contributed by atoms with Crippen LogP contribution in [-0.2, 0) is 4.74 Å². The van der Waals surface area contributed by atoms with Gasteiger partial charge in [-0.3, -0.25) is 4.90 Å². The lowest BCUT2D eigenvalue weighted by Gasteiger charge is -2.44. The van der Waals surface area contributed by atoms with Gasteiger partial charge in [0.15, 0.2) is 0 Å². The Morgan fingerprint density at radius 3 is 2.03 bits per heavy atom. The number of nitrogens with zero attached hydrogens (tertiary/aromatic N) is 4. The first-order valence-corrected chi connectivity index (χ1v) is 11.2. The molecule has 34 heavy (non-hydrogen) atoms. The number of hydrogen-bond donors (Lipinski definition) is 0. The first-order chi connectivity index (χ1) is 16.1. The van der Waals surface area contributed by atoms with Crippen LogP contribution in [0.25, 0.3) is 0 Å². The van der Waals surface area contributed by atoms with Crippen LogP contribution in [0.2, 0.25) is 0 Å². The van der Waals surface area contributed by atoms with Crippen molar-refractivity contribution in [2.75, 3.05) is 19.6 Å². The fourth-order valence-corrected chi connectivity index (χ4v) is 4.13. The quantitative estimate of drug-likeness (QED) is 0.532. The first kappa shape index (κ1) is 23.8. The van der Waals surface area contributed by atoms with E-state index in [1.54, 1.807) is 36.1 Å². The largest absolute Gasteiger partial charge is 0.444 e. The van der Waals surface area contributed by atoms with Gasteiger partial charge in [-0.1, -0.05) is 24.3 Å². The van der Waals surface area contributed by atoms with E-state index in [0.717, 1.165) is 11.1 Å². The summed E-state index contributed by atoms with van der Waals surface area (Å²) in [5.41, 5.74) is 1.01. The Labute approximate surface area is 197 Å². The summed E-state index contributed by atoms with van der Waals surface area (Å²) in [4.78, 5) is 16.6. The van der Waals surface area contributed by atoms with Crippen LogP contribution >= 0.6 is 0 Å². The lowest BCUT2D eigenvalue weighted by molar-refractivity contribution is -0.00645. The number of carbonyl (C=O) groups excluding carboxylic acids is 1. The molecule has 3 aromatic rings. The molecule has 0 N–H and O–H groups in total. The van der Waals surface area contributed by atoms with Crippen LogP contribution in [0.15, 0.2) is 52.9 Å². The van der Waals surface area contributed by atoms with Crippen molar-refractivity contribution >= 4 is 6.09 Å². The second kappa shape index (κ2) is 9.50. The van der Waals surface area contributed by atoms with Gasteiger partial charge in [0.25, 0.3) is 0 Å². The fraction of sp³-hybridized carbons (Fsp3) is 0.400. The lowest BCUT2D eigenvalue weighted by Crippen LogP contribution is -2.52. The highest BCUT2D eigenvalue weighted by molar-refractivity contribution is 5.68. The van der Waals surface area contributed by atoms with Gasteiger partial charge in [0.1, 0.15) is 23.3 Å². The summed E-state index contributed by atoms with van der Waals surface area (Å²) in [6.45, 7) is 8.27. The second-order valence-corrected chi connectivity index (χ2v) is 9.34. The number of aryl methyl sites for hydroxylation is 1. The van der Waals surface area contributed by atoms with E-state index in [-0.39, 0.29) is 24.2 Å². The predicted octanol–water partition coefficient (Wildman–Crippen LogP) is 5.04.